The summed E-state index contributed by atoms with van der Waals surface area (Å²) in [6, 6.07) is -4.38. The number of nitrogens with one attached hydrogen (secondary N) is 3. The number of nitrogens with zero attached hydrogens (tertiary/aromatic N) is 2. The Balaban J connectivity index is 2.96. The molecule has 1 aliphatic heterocycles. The lowest BCUT2D eigenvalue weighted by molar-refractivity contribution is -0.143. The van der Waals surface area contributed by atoms with Crippen LogP contribution in [0.2, 0.25) is 0 Å². The molecule has 0 saturated carbocycles. The van der Waals surface area contributed by atoms with E-state index in [-0.39, 0.29) is 17.8 Å². The molecule has 1 rings (SSSR count). The molecule has 0 radical (unpaired) electrons. The number of aliphatic imine (C=N–C) groups is 1. The van der Waals surface area contributed by atoms with Crippen molar-refractivity contribution < 1.29 is 24.0 Å². The number of carbonyl (C=O) groups excluding carboxylic acids is 5. The van der Waals surface area contributed by atoms with Gasteiger partial charge in [-0.2, -0.15) is 0 Å². The summed E-state index contributed by atoms with van der Waals surface area (Å²) in [5.74, 6) is -3.16. The van der Waals surface area contributed by atoms with Gasteiger partial charge in [-0.1, -0.05) is 34.1 Å². The van der Waals surface area contributed by atoms with E-state index in [1.54, 1.807) is 13.8 Å². The van der Waals surface area contributed by atoms with Crippen LogP contribution in [-0.4, -0.2) is 83.7 Å². The van der Waals surface area contributed by atoms with Gasteiger partial charge in [0, 0.05) is 13.1 Å². The van der Waals surface area contributed by atoms with E-state index < -0.39 is 59.7 Å². The normalized spacial score (nSPS) is 18.8. The van der Waals surface area contributed by atoms with Crippen LogP contribution in [0, 0.1) is 11.8 Å². The molecule has 1 fully saturated rings. The second-order valence-electron chi connectivity index (χ2n) is 10.5. The number of primary amides is 1. The molecule has 222 valence electrons. The summed E-state index contributed by atoms with van der Waals surface area (Å²) in [4.78, 5) is 69.1. The summed E-state index contributed by atoms with van der Waals surface area (Å²) in [6.07, 6.45) is 2.41. The Bertz CT molecular complexity index is 906. The number of guanidine groups is 1. The van der Waals surface area contributed by atoms with Gasteiger partial charge < -0.3 is 43.8 Å². The van der Waals surface area contributed by atoms with Crippen LogP contribution in [0.5, 0.6) is 0 Å². The van der Waals surface area contributed by atoms with Crippen LogP contribution in [0.3, 0.4) is 0 Å². The van der Waals surface area contributed by atoms with Crippen molar-refractivity contribution in [1.82, 2.24) is 20.9 Å². The molecule has 14 heteroatoms. The van der Waals surface area contributed by atoms with Crippen molar-refractivity contribution >= 4 is 35.5 Å². The Morgan fingerprint density at radius 3 is 2.10 bits per heavy atom. The molecule has 1 aliphatic rings. The first kappa shape index (κ1) is 33.6. The largest absolute Gasteiger partial charge is 0.370 e. The molecule has 14 nitrogen and oxygen atoms in total. The van der Waals surface area contributed by atoms with Crippen molar-refractivity contribution in [2.75, 3.05) is 13.1 Å². The van der Waals surface area contributed by atoms with Gasteiger partial charge >= 0.3 is 0 Å². The van der Waals surface area contributed by atoms with Crippen LogP contribution in [-0.2, 0) is 24.0 Å². The molecule has 1 heterocycles. The fraction of sp³-hybridized carbons (Fsp3) is 0.760. The Morgan fingerprint density at radius 2 is 1.56 bits per heavy atom. The van der Waals surface area contributed by atoms with Gasteiger partial charge in [0.25, 0.3) is 0 Å². The van der Waals surface area contributed by atoms with E-state index in [0.717, 1.165) is 0 Å². The van der Waals surface area contributed by atoms with Gasteiger partial charge in [-0.15, -0.1) is 0 Å². The van der Waals surface area contributed by atoms with Crippen LogP contribution in [0.4, 0.5) is 0 Å². The van der Waals surface area contributed by atoms with Crippen molar-refractivity contribution in [3.05, 3.63) is 0 Å². The molecule has 0 aliphatic carbocycles. The fourth-order valence-corrected chi connectivity index (χ4v) is 4.23. The number of nitrogens with two attached hydrogens (primary N) is 4. The smallest absolute Gasteiger partial charge is 0.246 e. The van der Waals surface area contributed by atoms with Gasteiger partial charge in [-0.3, -0.25) is 29.0 Å². The highest BCUT2D eigenvalue weighted by atomic mass is 16.2. The molecule has 0 aromatic heterocycles. The molecule has 1 saturated heterocycles. The minimum atomic E-state index is -0.934. The summed E-state index contributed by atoms with van der Waals surface area (Å²) in [6.45, 7) is 9.41. The maximum absolute atomic E-state index is 13.5. The van der Waals surface area contributed by atoms with Crippen LogP contribution < -0.4 is 38.9 Å². The van der Waals surface area contributed by atoms with Gasteiger partial charge in [-0.05, 0) is 44.4 Å². The third kappa shape index (κ3) is 10.3. The van der Waals surface area contributed by atoms with Gasteiger partial charge in [0.15, 0.2) is 5.96 Å². The van der Waals surface area contributed by atoms with E-state index in [2.05, 4.69) is 20.9 Å². The summed E-state index contributed by atoms with van der Waals surface area (Å²) < 4.78 is 0. The molecule has 0 aromatic rings. The second-order valence-corrected chi connectivity index (χ2v) is 10.5. The third-order valence-electron chi connectivity index (χ3n) is 6.95. The topological polar surface area (TPSA) is 241 Å². The molecule has 11 N–H and O–H groups in total. The summed E-state index contributed by atoms with van der Waals surface area (Å²) >= 11 is 0. The number of likely N-dealkylation sites (tertiary alicyclic amines) is 1. The van der Waals surface area contributed by atoms with E-state index in [4.69, 9.17) is 22.9 Å². The van der Waals surface area contributed by atoms with Crippen molar-refractivity contribution in [3.63, 3.8) is 0 Å². The molecule has 0 spiro atoms. The van der Waals surface area contributed by atoms with E-state index in [9.17, 15) is 24.0 Å². The summed E-state index contributed by atoms with van der Waals surface area (Å²) in [5.41, 5.74) is 21.9. The lowest BCUT2D eigenvalue weighted by Gasteiger charge is -2.32. The highest BCUT2D eigenvalue weighted by molar-refractivity contribution is 5.96. The first-order chi connectivity index (χ1) is 18.2. The minimum absolute atomic E-state index is 0.0446. The van der Waals surface area contributed by atoms with Crippen molar-refractivity contribution in [3.8, 4) is 0 Å². The van der Waals surface area contributed by atoms with Crippen LogP contribution >= 0.6 is 0 Å². The van der Waals surface area contributed by atoms with E-state index in [1.165, 1.54) is 11.8 Å². The zero-order valence-corrected chi connectivity index (χ0v) is 23.7. The van der Waals surface area contributed by atoms with Gasteiger partial charge in [0.05, 0.1) is 6.04 Å². The van der Waals surface area contributed by atoms with Gasteiger partial charge in [-0.25, -0.2) is 0 Å². The van der Waals surface area contributed by atoms with Crippen molar-refractivity contribution in [2.45, 2.75) is 96.9 Å². The highest BCUT2D eigenvalue weighted by Crippen LogP contribution is 2.21. The molecule has 0 unspecified atom stereocenters. The SMILES string of the molecule is CC[C@H](C)[C@@H](NC(=O)[C@@H](N)CCCN=C(N)N)C(=O)N[C@H](C(=O)N1CCC[C@@H]1C(=O)N[C@@H](C)C(N)=O)C(C)C. The number of amides is 5. The number of carbonyl (C=O) groups is 5. The molecular formula is C25H47N9O5. The van der Waals surface area contributed by atoms with E-state index >= 15 is 0 Å². The fourth-order valence-electron chi connectivity index (χ4n) is 4.23. The average Bonchev–Trinajstić information content (AvgIpc) is 3.36. The van der Waals surface area contributed by atoms with Gasteiger partial charge in [0.2, 0.25) is 29.5 Å². The zero-order chi connectivity index (χ0) is 29.9. The summed E-state index contributed by atoms with van der Waals surface area (Å²) in [7, 11) is 0. The number of hydrogen-bond acceptors (Lipinski definition) is 7. The highest BCUT2D eigenvalue weighted by Gasteiger charge is 2.40. The maximum Gasteiger partial charge on any atom is 0.246 e. The number of hydrogen-bond donors (Lipinski definition) is 7. The Labute approximate surface area is 230 Å². The molecule has 39 heavy (non-hydrogen) atoms. The first-order valence-corrected chi connectivity index (χ1v) is 13.5. The predicted octanol–water partition coefficient (Wildman–Crippen LogP) is -1.98. The summed E-state index contributed by atoms with van der Waals surface area (Å²) in [5, 5.41) is 8.07. The lowest BCUT2D eigenvalue weighted by atomic mass is 9.95. The molecular weight excluding hydrogens is 506 g/mol. The monoisotopic (exact) mass is 553 g/mol. The van der Waals surface area contributed by atoms with E-state index in [1.807, 2.05) is 13.8 Å². The molecule has 0 aromatic carbocycles. The first-order valence-electron chi connectivity index (χ1n) is 13.5. The van der Waals surface area contributed by atoms with Crippen LogP contribution in [0.1, 0.15) is 66.7 Å². The standard InChI is InChI=1S/C25H47N9O5/c1-6-14(4)19(33-21(36)16(26)9-7-11-30-25(28)29)23(38)32-18(13(2)3)24(39)34-12-8-10-17(34)22(37)31-15(5)20(27)35/h13-19H,6-12,26H2,1-5H3,(H2,27,35)(H,31,37)(H,32,38)(H,33,36)(H4,28,29,30)/t14-,15-,16-,17+,18-,19+/m0/s1. The van der Waals surface area contributed by atoms with Crippen molar-refractivity contribution in [1.29, 1.82) is 0 Å². The lowest BCUT2D eigenvalue weighted by Crippen LogP contribution is -2.60. The molecule has 5 amide bonds. The Kier molecular flexibility index (Phi) is 13.7. The third-order valence-corrected chi connectivity index (χ3v) is 6.95. The average molecular weight is 554 g/mol. The van der Waals surface area contributed by atoms with Crippen LogP contribution in [0.15, 0.2) is 4.99 Å². The molecule has 0 bridgehead atoms. The predicted molar refractivity (Wildman–Crippen MR) is 148 cm³/mol. The van der Waals surface area contributed by atoms with Gasteiger partial charge in [0.1, 0.15) is 24.2 Å². The number of rotatable bonds is 15. The minimum Gasteiger partial charge on any atom is -0.370 e. The Hall–Kier alpha value is -3.42. The second kappa shape index (κ2) is 15.9. The van der Waals surface area contributed by atoms with E-state index in [0.29, 0.717) is 45.2 Å². The molecule has 6 atom stereocenters. The van der Waals surface area contributed by atoms with Crippen LogP contribution in [0.25, 0.3) is 0 Å². The zero-order valence-electron chi connectivity index (χ0n) is 23.7. The maximum atomic E-state index is 13.5. The quantitative estimate of drug-likeness (QED) is 0.0679. The Morgan fingerprint density at radius 1 is 0.949 bits per heavy atom. The van der Waals surface area contributed by atoms with Crippen molar-refractivity contribution in [2.24, 2.45) is 39.8 Å².